The van der Waals surface area contributed by atoms with Gasteiger partial charge in [-0.25, -0.2) is 9.59 Å². The molecule has 14 nitrogen and oxygen atoms in total. The van der Waals surface area contributed by atoms with Gasteiger partial charge in [0.2, 0.25) is 0 Å². The lowest BCUT2D eigenvalue weighted by Crippen LogP contribution is -2.80. The zero-order chi connectivity index (χ0) is 45.5. The summed E-state index contributed by atoms with van der Waals surface area (Å²) in [7, 11) is 0. The van der Waals surface area contributed by atoms with Gasteiger partial charge in [0.1, 0.15) is 30.7 Å². The summed E-state index contributed by atoms with van der Waals surface area (Å²) in [4.78, 5) is 70.9. The van der Waals surface area contributed by atoms with E-state index in [-0.39, 0.29) is 44.0 Å². The minimum atomic E-state index is -2.22. The van der Waals surface area contributed by atoms with Crippen LogP contribution in [0, 0.1) is 22.7 Å². The Morgan fingerprint density at radius 3 is 2.08 bits per heavy atom. The third kappa shape index (κ3) is 8.12. The quantitative estimate of drug-likeness (QED) is 0.0694. The highest BCUT2D eigenvalue weighted by Crippen LogP contribution is 2.65. The summed E-state index contributed by atoms with van der Waals surface area (Å²) in [5, 5.41) is 13.8. The normalized spacial score (nSPS) is 31.7. The number of aliphatic hydroxyl groups is 1. The molecule has 3 N–H and O–H groups in total. The second-order valence-electron chi connectivity index (χ2n) is 18.0. The van der Waals surface area contributed by atoms with Crippen LogP contribution in [-0.4, -0.2) is 89.9 Å². The zero-order valence-electron chi connectivity index (χ0n) is 36.7. The second kappa shape index (κ2) is 17.7. The molecule has 3 aromatic carbocycles. The van der Waals surface area contributed by atoms with E-state index in [2.05, 4.69) is 0 Å². The molecule has 7 rings (SSSR count). The Morgan fingerprint density at radius 2 is 1.49 bits per heavy atom. The topological polar surface area (TPSA) is 196 Å². The van der Waals surface area contributed by atoms with Gasteiger partial charge in [0.15, 0.2) is 23.6 Å². The molecule has 0 amide bonds. The number of carbonyl (C=O) groups excluding carboxylic acids is 5. The largest absolute Gasteiger partial charge is 0.456 e. The average molecular weight is 868 g/mol. The molecule has 2 saturated carbocycles. The van der Waals surface area contributed by atoms with E-state index >= 15 is 4.79 Å². The maximum Gasteiger partial charge on any atom is 0.338 e. The number of hydrogen-bond donors (Lipinski definition) is 2. The Hall–Kier alpha value is -5.25. The molecule has 11 atom stereocenters. The van der Waals surface area contributed by atoms with E-state index in [1.54, 1.807) is 88.4 Å². The van der Waals surface area contributed by atoms with Gasteiger partial charge in [-0.2, -0.15) is 0 Å². The van der Waals surface area contributed by atoms with Crippen LogP contribution >= 0.6 is 0 Å². The number of carbonyl (C=O) groups is 5. The Kier molecular flexibility index (Phi) is 12.9. The van der Waals surface area contributed by atoms with Crippen molar-refractivity contribution in [2.24, 2.45) is 28.4 Å². The van der Waals surface area contributed by atoms with Crippen molar-refractivity contribution in [2.45, 2.75) is 116 Å². The molecule has 4 aliphatic rings. The lowest BCUT2D eigenvalue weighted by molar-refractivity contribution is -0.340. The molecule has 1 heterocycles. The van der Waals surface area contributed by atoms with E-state index in [4.69, 9.17) is 38.9 Å². The van der Waals surface area contributed by atoms with Crippen molar-refractivity contribution in [3.05, 3.63) is 119 Å². The second-order valence-corrected chi connectivity index (χ2v) is 18.0. The minimum absolute atomic E-state index is 0.161. The summed E-state index contributed by atoms with van der Waals surface area (Å²) in [6.07, 6.45) is -6.84. The van der Waals surface area contributed by atoms with Gasteiger partial charge in [0, 0.05) is 31.1 Å². The third-order valence-corrected chi connectivity index (χ3v) is 14.1. The molecular formula is C49H57NO13. The van der Waals surface area contributed by atoms with E-state index in [9.17, 15) is 24.3 Å². The number of nitrogens with two attached hydrogens (primary N) is 1. The first-order valence-electron chi connectivity index (χ1n) is 21.3. The van der Waals surface area contributed by atoms with E-state index in [1.165, 1.54) is 13.8 Å². The van der Waals surface area contributed by atoms with Crippen molar-refractivity contribution < 1.29 is 62.2 Å². The van der Waals surface area contributed by atoms with Gasteiger partial charge < -0.3 is 44.0 Å². The monoisotopic (exact) mass is 867 g/mol. The number of esters is 4. The van der Waals surface area contributed by atoms with Crippen LogP contribution in [-0.2, 0) is 58.9 Å². The Balaban J connectivity index is 1.36. The van der Waals surface area contributed by atoms with Gasteiger partial charge in [-0.1, -0.05) is 107 Å². The number of ketones is 1. The number of benzene rings is 3. The molecule has 2 bridgehead atoms. The number of Topliss-reactive ketones (excluding diaryl/α,β-unsaturated/α-hetero) is 1. The maximum atomic E-state index is 15.7. The summed E-state index contributed by atoms with van der Waals surface area (Å²) < 4.78 is 43.1. The first kappa shape index (κ1) is 45.8. The van der Waals surface area contributed by atoms with Crippen LogP contribution in [0.4, 0.5) is 0 Å². The van der Waals surface area contributed by atoms with Gasteiger partial charge in [0.25, 0.3) is 0 Å². The van der Waals surface area contributed by atoms with E-state index in [1.807, 2.05) is 37.3 Å². The molecule has 3 aliphatic carbocycles. The maximum absolute atomic E-state index is 15.7. The molecule has 336 valence electrons. The van der Waals surface area contributed by atoms with Gasteiger partial charge in [-0.15, -0.1) is 0 Å². The Morgan fingerprint density at radius 1 is 0.873 bits per heavy atom. The molecule has 3 aromatic rings. The minimum Gasteiger partial charge on any atom is -0.456 e. The molecular weight excluding hydrogens is 811 g/mol. The molecule has 0 spiro atoms. The summed E-state index contributed by atoms with van der Waals surface area (Å²) in [6.45, 7) is 10.6. The van der Waals surface area contributed by atoms with Crippen LogP contribution in [0.5, 0.6) is 0 Å². The summed E-state index contributed by atoms with van der Waals surface area (Å²) >= 11 is 0. The third-order valence-electron chi connectivity index (χ3n) is 14.1. The number of hydrogen-bond acceptors (Lipinski definition) is 14. The predicted octanol–water partition coefficient (Wildman–Crippen LogP) is 5.74. The van der Waals surface area contributed by atoms with E-state index in [0.717, 1.165) is 5.56 Å². The zero-order valence-corrected chi connectivity index (χ0v) is 36.7. The molecule has 3 fully saturated rings. The highest BCUT2D eigenvalue weighted by molar-refractivity contribution is 5.95. The van der Waals surface area contributed by atoms with Gasteiger partial charge >= 0.3 is 23.9 Å². The predicted molar refractivity (Wildman–Crippen MR) is 226 cm³/mol. The number of ether oxygens (including phenoxy) is 7. The summed E-state index contributed by atoms with van der Waals surface area (Å²) in [6, 6.07) is 25.4. The fourth-order valence-electron chi connectivity index (χ4n) is 10.5. The molecule has 0 unspecified atom stereocenters. The Bertz CT molecular complexity index is 2230. The SMILES string of the molecule is CC(=O)O[C@H]1C(=O)[C@@]2(C)[C@H]([C@H](OC(=O)c3ccccc3)[C@]3(O)C[C@H](OC(=O)[C@H](OCOCc4ccccc4)[C@@H](N)c4ccccc4)C(C)=C1C3(C)C)[C@]1(OC(C)=O)CO[C@@H]1C[C@@H]2C. The summed E-state index contributed by atoms with van der Waals surface area (Å²) in [5.74, 6) is -5.55. The average Bonchev–Trinajstić information content (AvgIpc) is 3.25. The first-order valence-corrected chi connectivity index (χ1v) is 21.3. The van der Waals surface area contributed by atoms with Crippen LogP contribution in [0.2, 0.25) is 0 Å². The summed E-state index contributed by atoms with van der Waals surface area (Å²) in [5.41, 5.74) is 1.95. The molecule has 0 radical (unpaired) electrons. The van der Waals surface area contributed by atoms with Crippen LogP contribution in [0.1, 0.15) is 88.8 Å². The highest BCUT2D eigenvalue weighted by Gasteiger charge is 2.77. The van der Waals surface area contributed by atoms with Crippen molar-refractivity contribution >= 4 is 29.7 Å². The molecule has 0 aromatic heterocycles. The lowest BCUT2D eigenvalue weighted by atomic mass is 9.43. The Labute approximate surface area is 367 Å². The molecule has 14 heteroatoms. The van der Waals surface area contributed by atoms with Crippen molar-refractivity contribution in [1.29, 1.82) is 0 Å². The standard InChI is InChI=1S/C49H57NO13/c1-28-23-36-48(26-58-36,63-31(4)52)41-43(62-44(54)34-21-15-10-16-22-34)49(56)24-35(29(2)37(46(49,5)6)39(60-30(3)51)42(53)47(28,41)7)61-45(55)40(38(50)33-19-13-9-14-20-33)59-27-57-25-32-17-11-8-12-18-32/h8-22,28,35-36,38-41,43,56H,23-27,50H2,1-7H3/t28-,35-,36+,38-,39+,40+,41-,43-,47+,48-,49+/m0/s1. The van der Waals surface area contributed by atoms with Crippen LogP contribution < -0.4 is 5.73 Å². The van der Waals surface area contributed by atoms with Crippen molar-refractivity contribution in [3.8, 4) is 0 Å². The van der Waals surface area contributed by atoms with Gasteiger partial charge in [0.05, 0.1) is 30.7 Å². The van der Waals surface area contributed by atoms with Crippen molar-refractivity contribution in [2.75, 3.05) is 13.4 Å². The fourth-order valence-corrected chi connectivity index (χ4v) is 10.5. The lowest BCUT2D eigenvalue weighted by Gasteiger charge is -2.68. The van der Waals surface area contributed by atoms with E-state index in [0.29, 0.717) is 11.1 Å². The molecule has 1 saturated heterocycles. The molecule has 1 aliphatic heterocycles. The highest BCUT2D eigenvalue weighted by atomic mass is 16.7. The number of rotatable bonds is 13. The smallest absolute Gasteiger partial charge is 0.338 e. The first-order chi connectivity index (χ1) is 29.9. The fraction of sp³-hybridized carbons (Fsp3) is 0.490. The van der Waals surface area contributed by atoms with Crippen LogP contribution in [0.25, 0.3) is 0 Å². The number of fused-ring (bicyclic) bond motifs is 5. The molecule has 63 heavy (non-hydrogen) atoms. The van der Waals surface area contributed by atoms with Gasteiger partial charge in [-0.05, 0) is 53.7 Å². The van der Waals surface area contributed by atoms with Crippen LogP contribution in [0.3, 0.4) is 0 Å². The van der Waals surface area contributed by atoms with Crippen molar-refractivity contribution in [3.63, 3.8) is 0 Å². The van der Waals surface area contributed by atoms with Crippen molar-refractivity contribution in [1.82, 2.24) is 0 Å². The van der Waals surface area contributed by atoms with Gasteiger partial charge in [-0.3, -0.25) is 14.4 Å². The van der Waals surface area contributed by atoms with Crippen LogP contribution in [0.15, 0.2) is 102 Å². The van der Waals surface area contributed by atoms with E-state index < -0.39 is 100 Å².